The van der Waals surface area contributed by atoms with Gasteiger partial charge in [0.15, 0.2) is 5.78 Å². The normalized spacial score (nSPS) is 19.4. The zero-order valence-electron chi connectivity index (χ0n) is 10.6. The van der Waals surface area contributed by atoms with Crippen molar-refractivity contribution in [3.63, 3.8) is 0 Å². The molecule has 0 amide bonds. The Kier molecular flexibility index (Phi) is 4.92. The lowest BCUT2D eigenvalue weighted by atomic mass is 10.1. The van der Waals surface area contributed by atoms with Gasteiger partial charge in [-0.2, -0.15) is 0 Å². The van der Waals surface area contributed by atoms with Crippen molar-refractivity contribution < 1.29 is 9.53 Å². The number of hydrogen-bond acceptors (Lipinski definition) is 3. The molecule has 1 unspecified atom stereocenters. The monoisotopic (exact) mass is 311 g/mol. The van der Waals surface area contributed by atoms with Crippen molar-refractivity contribution in [2.75, 3.05) is 26.8 Å². The average molecular weight is 312 g/mol. The van der Waals surface area contributed by atoms with E-state index in [2.05, 4.69) is 27.9 Å². The number of likely N-dealkylation sites (N-methyl/N-ethyl adjacent to an activating group) is 1. The molecular weight excluding hydrogens is 294 g/mol. The average Bonchev–Trinajstić information content (AvgIpc) is 2.90. The largest absolute Gasteiger partial charge is 0.380 e. The lowest BCUT2D eigenvalue weighted by Crippen LogP contribution is -2.33. The summed E-state index contributed by atoms with van der Waals surface area (Å²) < 4.78 is 6.23. The highest BCUT2D eigenvalue weighted by atomic mass is 79.9. The summed E-state index contributed by atoms with van der Waals surface area (Å²) in [5.41, 5.74) is 0.772. The summed E-state index contributed by atoms with van der Waals surface area (Å²) in [5.74, 6) is 0.188. The van der Waals surface area contributed by atoms with Gasteiger partial charge in [-0.1, -0.05) is 34.1 Å². The van der Waals surface area contributed by atoms with Crippen LogP contribution >= 0.6 is 15.9 Å². The van der Waals surface area contributed by atoms with Crippen LogP contribution in [0.25, 0.3) is 0 Å². The van der Waals surface area contributed by atoms with Crippen LogP contribution in [-0.4, -0.2) is 43.5 Å². The quantitative estimate of drug-likeness (QED) is 0.783. The molecule has 1 aliphatic heterocycles. The summed E-state index contributed by atoms with van der Waals surface area (Å²) in [6.07, 6.45) is 1.62. The van der Waals surface area contributed by atoms with Gasteiger partial charge < -0.3 is 9.64 Å². The summed E-state index contributed by atoms with van der Waals surface area (Å²) >= 11 is 3.42. The predicted molar refractivity (Wildman–Crippen MR) is 74.9 cm³/mol. The van der Waals surface area contributed by atoms with E-state index >= 15 is 0 Å². The van der Waals surface area contributed by atoms with Crippen LogP contribution in [0.5, 0.6) is 0 Å². The molecule has 2 rings (SSSR count). The maximum atomic E-state index is 12.1. The molecule has 0 saturated carbocycles. The fourth-order valence-electron chi connectivity index (χ4n) is 2.15. The van der Waals surface area contributed by atoms with Crippen molar-refractivity contribution in [3.8, 4) is 0 Å². The first-order valence-corrected chi connectivity index (χ1v) is 7.03. The summed E-state index contributed by atoms with van der Waals surface area (Å²) in [4.78, 5) is 14.3. The highest BCUT2D eigenvalue weighted by molar-refractivity contribution is 9.10. The third kappa shape index (κ3) is 3.40. The molecule has 0 spiro atoms. The Hall–Kier alpha value is -0.710. The van der Waals surface area contributed by atoms with E-state index in [-0.39, 0.29) is 5.78 Å². The molecule has 1 saturated heterocycles. The number of benzene rings is 1. The second-order valence-electron chi connectivity index (χ2n) is 4.65. The molecule has 0 N–H and O–H groups in total. The predicted octanol–water partition coefficient (Wildman–Crippen LogP) is 2.74. The van der Waals surface area contributed by atoms with Crippen LogP contribution in [0.3, 0.4) is 0 Å². The molecule has 0 aliphatic carbocycles. The van der Waals surface area contributed by atoms with Crippen molar-refractivity contribution in [1.29, 1.82) is 0 Å². The number of halogens is 1. The van der Waals surface area contributed by atoms with Crippen molar-refractivity contribution >= 4 is 21.7 Å². The van der Waals surface area contributed by atoms with Gasteiger partial charge in [-0.3, -0.25) is 4.79 Å². The molecular formula is C14H18BrNO2. The van der Waals surface area contributed by atoms with E-state index in [1.165, 1.54) is 0 Å². The molecule has 1 aromatic carbocycles. The van der Waals surface area contributed by atoms with Gasteiger partial charge in [-0.15, -0.1) is 0 Å². The SMILES string of the molecule is CN(CCC(=O)c1ccccc1Br)C1CCOC1. The van der Waals surface area contributed by atoms with Crippen LogP contribution < -0.4 is 0 Å². The highest BCUT2D eigenvalue weighted by Crippen LogP contribution is 2.18. The van der Waals surface area contributed by atoms with E-state index in [4.69, 9.17) is 4.74 Å². The first kappa shape index (κ1) is 13.7. The number of Topliss-reactive ketones (excluding diaryl/α,β-unsaturated/α-hetero) is 1. The molecule has 18 heavy (non-hydrogen) atoms. The molecule has 0 bridgehead atoms. The fraction of sp³-hybridized carbons (Fsp3) is 0.500. The smallest absolute Gasteiger partial charge is 0.165 e. The Balaban J connectivity index is 1.86. The van der Waals surface area contributed by atoms with E-state index in [1.807, 2.05) is 24.3 Å². The van der Waals surface area contributed by atoms with Crippen molar-refractivity contribution in [2.45, 2.75) is 18.9 Å². The van der Waals surface area contributed by atoms with Crippen LogP contribution in [0.2, 0.25) is 0 Å². The van der Waals surface area contributed by atoms with Crippen molar-refractivity contribution in [2.24, 2.45) is 0 Å². The Labute approximate surface area is 116 Å². The van der Waals surface area contributed by atoms with Crippen LogP contribution in [0.1, 0.15) is 23.2 Å². The second-order valence-corrected chi connectivity index (χ2v) is 5.51. The number of nitrogens with zero attached hydrogens (tertiary/aromatic N) is 1. The summed E-state index contributed by atoms with van der Waals surface area (Å²) in [6, 6.07) is 8.05. The van der Waals surface area contributed by atoms with Crippen LogP contribution in [0, 0.1) is 0 Å². The summed E-state index contributed by atoms with van der Waals surface area (Å²) in [5, 5.41) is 0. The van der Waals surface area contributed by atoms with E-state index in [9.17, 15) is 4.79 Å². The van der Waals surface area contributed by atoms with Crippen LogP contribution in [-0.2, 0) is 4.74 Å². The van der Waals surface area contributed by atoms with Crippen molar-refractivity contribution in [1.82, 2.24) is 4.90 Å². The number of carbonyl (C=O) groups excluding carboxylic acids is 1. The Morgan fingerprint density at radius 3 is 2.94 bits per heavy atom. The van der Waals surface area contributed by atoms with Crippen molar-refractivity contribution in [3.05, 3.63) is 34.3 Å². The lowest BCUT2D eigenvalue weighted by molar-refractivity contribution is 0.0953. The van der Waals surface area contributed by atoms with Gasteiger partial charge in [0, 0.05) is 35.7 Å². The maximum absolute atomic E-state index is 12.1. The van der Waals surface area contributed by atoms with E-state index < -0.39 is 0 Å². The number of rotatable bonds is 5. The number of hydrogen-bond donors (Lipinski definition) is 0. The summed E-state index contributed by atoms with van der Waals surface area (Å²) in [7, 11) is 2.06. The van der Waals surface area contributed by atoms with E-state index in [1.54, 1.807) is 0 Å². The van der Waals surface area contributed by atoms with Gasteiger partial charge in [-0.25, -0.2) is 0 Å². The van der Waals surface area contributed by atoms with Crippen LogP contribution in [0.4, 0.5) is 0 Å². The van der Waals surface area contributed by atoms with Gasteiger partial charge >= 0.3 is 0 Å². The number of ether oxygens (including phenoxy) is 1. The zero-order chi connectivity index (χ0) is 13.0. The topological polar surface area (TPSA) is 29.5 Å². The minimum atomic E-state index is 0.188. The minimum absolute atomic E-state index is 0.188. The molecule has 98 valence electrons. The van der Waals surface area contributed by atoms with Gasteiger partial charge in [0.05, 0.1) is 6.61 Å². The number of carbonyl (C=O) groups is 1. The minimum Gasteiger partial charge on any atom is -0.380 e. The van der Waals surface area contributed by atoms with Gasteiger partial charge in [0.25, 0.3) is 0 Å². The third-order valence-electron chi connectivity index (χ3n) is 3.39. The molecule has 3 nitrogen and oxygen atoms in total. The van der Waals surface area contributed by atoms with E-state index in [0.717, 1.165) is 36.2 Å². The molecule has 1 atom stereocenters. The van der Waals surface area contributed by atoms with Crippen LogP contribution in [0.15, 0.2) is 28.7 Å². The maximum Gasteiger partial charge on any atom is 0.165 e. The molecule has 1 aliphatic rings. The fourth-order valence-corrected chi connectivity index (χ4v) is 2.66. The van der Waals surface area contributed by atoms with Gasteiger partial charge in [0.1, 0.15) is 0 Å². The Morgan fingerprint density at radius 1 is 1.50 bits per heavy atom. The number of ketones is 1. The molecule has 0 radical (unpaired) electrons. The Bertz CT molecular complexity index is 416. The first-order valence-electron chi connectivity index (χ1n) is 6.24. The third-order valence-corrected chi connectivity index (χ3v) is 4.09. The van der Waals surface area contributed by atoms with Gasteiger partial charge in [-0.05, 0) is 19.5 Å². The van der Waals surface area contributed by atoms with Gasteiger partial charge in [0.2, 0.25) is 0 Å². The molecule has 4 heteroatoms. The van der Waals surface area contributed by atoms with E-state index in [0.29, 0.717) is 12.5 Å². The molecule has 1 aromatic rings. The second kappa shape index (κ2) is 6.45. The zero-order valence-corrected chi connectivity index (χ0v) is 12.1. The summed E-state index contributed by atoms with van der Waals surface area (Å²) in [6.45, 7) is 2.42. The molecule has 1 fully saturated rings. The molecule has 1 heterocycles. The first-order chi connectivity index (χ1) is 8.68. The molecule has 0 aromatic heterocycles. The standard InChI is InChI=1S/C14H18BrNO2/c1-16(11-7-9-18-10-11)8-6-14(17)12-4-2-3-5-13(12)15/h2-5,11H,6-10H2,1H3. The highest BCUT2D eigenvalue weighted by Gasteiger charge is 2.20. The Morgan fingerprint density at radius 2 is 2.28 bits per heavy atom. The lowest BCUT2D eigenvalue weighted by Gasteiger charge is -2.22.